The molecule has 1 amide bonds. The Balaban J connectivity index is 2.23. The van der Waals surface area contributed by atoms with Crippen LogP contribution in [-0.2, 0) is 4.79 Å². The predicted molar refractivity (Wildman–Crippen MR) is 64.1 cm³/mol. The Morgan fingerprint density at radius 3 is 2.41 bits per heavy atom. The molecule has 2 rings (SSSR count). The zero-order chi connectivity index (χ0) is 12.6. The number of carbonyl (C=O) groups is 1. The molecule has 0 aliphatic carbocycles. The van der Waals surface area contributed by atoms with Gasteiger partial charge in [0.05, 0.1) is 5.66 Å². The molecule has 1 aliphatic rings. The third-order valence-corrected chi connectivity index (χ3v) is 3.35. The summed E-state index contributed by atoms with van der Waals surface area (Å²) in [7, 11) is 1.69. The first-order chi connectivity index (χ1) is 7.93. The Bertz CT molecular complexity index is 419. The Labute approximate surface area is 101 Å². The summed E-state index contributed by atoms with van der Waals surface area (Å²) in [6.45, 7) is 3.73. The lowest BCUT2D eigenvalue weighted by Gasteiger charge is -2.27. The zero-order valence-electron chi connectivity index (χ0n) is 10.3. The van der Waals surface area contributed by atoms with E-state index in [1.54, 1.807) is 36.2 Å². The van der Waals surface area contributed by atoms with Crippen LogP contribution < -0.4 is 5.32 Å². The molecule has 4 heteroatoms. The van der Waals surface area contributed by atoms with Crippen molar-refractivity contribution in [2.75, 3.05) is 7.05 Å². The average Bonchev–Trinajstić information content (AvgIpc) is 2.53. The van der Waals surface area contributed by atoms with Crippen molar-refractivity contribution in [2.45, 2.75) is 31.7 Å². The second-order valence-corrected chi connectivity index (χ2v) is 4.89. The molecule has 92 valence electrons. The van der Waals surface area contributed by atoms with Crippen LogP contribution in [0, 0.1) is 0 Å². The number of nitrogens with zero attached hydrogens (tertiary/aromatic N) is 1. The number of nitrogens with one attached hydrogen (secondary N) is 1. The Hall–Kier alpha value is -1.42. The summed E-state index contributed by atoms with van der Waals surface area (Å²) in [5, 5.41) is 3.03. The number of halogens is 1. The molecule has 1 heterocycles. The number of amides is 1. The lowest BCUT2D eigenvalue weighted by molar-refractivity contribution is -0.131. The van der Waals surface area contributed by atoms with Crippen LogP contribution in [-0.4, -0.2) is 29.6 Å². The van der Waals surface area contributed by atoms with E-state index in [-0.39, 0.29) is 5.91 Å². The second kappa shape index (κ2) is 4.11. The molecule has 2 atom stereocenters. The van der Waals surface area contributed by atoms with Crippen LogP contribution in [0.15, 0.2) is 30.3 Å². The van der Waals surface area contributed by atoms with Crippen LogP contribution in [0.25, 0.3) is 0 Å². The SMILES string of the molecule is CN1C(=O)[C@H]([C@H](F)c2ccccc2)NC1(C)C. The normalized spacial score (nSPS) is 25.1. The molecule has 17 heavy (non-hydrogen) atoms. The van der Waals surface area contributed by atoms with Gasteiger partial charge in [-0.2, -0.15) is 0 Å². The van der Waals surface area contributed by atoms with Crippen molar-refractivity contribution in [3.05, 3.63) is 35.9 Å². The summed E-state index contributed by atoms with van der Waals surface area (Å²) < 4.78 is 14.3. The molecule has 0 spiro atoms. The van der Waals surface area contributed by atoms with E-state index in [0.717, 1.165) is 0 Å². The number of carbonyl (C=O) groups excluding carboxylic acids is 1. The van der Waals surface area contributed by atoms with Gasteiger partial charge in [0.25, 0.3) is 0 Å². The van der Waals surface area contributed by atoms with Gasteiger partial charge in [0, 0.05) is 7.05 Å². The van der Waals surface area contributed by atoms with E-state index in [9.17, 15) is 9.18 Å². The molecule has 3 nitrogen and oxygen atoms in total. The van der Waals surface area contributed by atoms with E-state index in [1.165, 1.54) is 0 Å². The van der Waals surface area contributed by atoms with Gasteiger partial charge in [0.1, 0.15) is 12.2 Å². The quantitative estimate of drug-likeness (QED) is 0.850. The van der Waals surface area contributed by atoms with Gasteiger partial charge in [0.2, 0.25) is 5.91 Å². The van der Waals surface area contributed by atoms with E-state index >= 15 is 0 Å². The van der Waals surface area contributed by atoms with Gasteiger partial charge in [0.15, 0.2) is 0 Å². The highest BCUT2D eigenvalue weighted by molar-refractivity contribution is 5.85. The number of hydrogen-bond acceptors (Lipinski definition) is 2. The maximum Gasteiger partial charge on any atom is 0.244 e. The smallest absolute Gasteiger partial charge is 0.244 e. The summed E-state index contributed by atoms with van der Waals surface area (Å²) in [4.78, 5) is 13.5. The Morgan fingerprint density at radius 2 is 1.94 bits per heavy atom. The van der Waals surface area contributed by atoms with Gasteiger partial charge in [-0.3, -0.25) is 10.1 Å². The van der Waals surface area contributed by atoms with Crippen LogP contribution in [0.3, 0.4) is 0 Å². The van der Waals surface area contributed by atoms with Crippen molar-refractivity contribution in [3.63, 3.8) is 0 Å². The van der Waals surface area contributed by atoms with Crippen LogP contribution in [0.4, 0.5) is 4.39 Å². The van der Waals surface area contributed by atoms with E-state index in [1.807, 2.05) is 19.9 Å². The van der Waals surface area contributed by atoms with Crippen LogP contribution in [0.1, 0.15) is 25.6 Å². The number of benzene rings is 1. The third kappa shape index (κ3) is 2.05. The molecule has 1 aromatic rings. The van der Waals surface area contributed by atoms with Crippen molar-refractivity contribution in [3.8, 4) is 0 Å². The largest absolute Gasteiger partial charge is 0.327 e. The van der Waals surface area contributed by atoms with Crippen LogP contribution >= 0.6 is 0 Å². The fourth-order valence-corrected chi connectivity index (χ4v) is 2.05. The summed E-state index contributed by atoms with van der Waals surface area (Å²) in [5.41, 5.74) is 0.0328. The maximum atomic E-state index is 14.3. The van der Waals surface area contributed by atoms with Gasteiger partial charge in [-0.25, -0.2) is 4.39 Å². The van der Waals surface area contributed by atoms with E-state index in [2.05, 4.69) is 5.32 Å². The van der Waals surface area contributed by atoms with Gasteiger partial charge in [-0.05, 0) is 19.4 Å². The first-order valence-electron chi connectivity index (χ1n) is 5.68. The minimum absolute atomic E-state index is 0.202. The molecule has 1 aromatic carbocycles. The molecular weight excluding hydrogens is 219 g/mol. The van der Waals surface area contributed by atoms with Crippen LogP contribution in [0.5, 0.6) is 0 Å². The van der Waals surface area contributed by atoms with Gasteiger partial charge >= 0.3 is 0 Å². The third-order valence-electron chi connectivity index (χ3n) is 3.35. The fraction of sp³-hybridized carbons (Fsp3) is 0.462. The zero-order valence-corrected chi connectivity index (χ0v) is 10.3. The van der Waals surface area contributed by atoms with Gasteiger partial charge < -0.3 is 4.90 Å². The molecule has 0 bridgehead atoms. The highest BCUT2D eigenvalue weighted by Crippen LogP contribution is 2.29. The standard InChI is InChI=1S/C13H17FN2O/c1-13(2)15-11(12(17)16(13)3)10(14)9-7-5-4-6-8-9/h4-8,10-11,15H,1-3H3/t10-,11+/m1/s1. The van der Waals surface area contributed by atoms with E-state index < -0.39 is 17.9 Å². The summed E-state index contributed by atoms with van der Waals surface area (Å²) >= 11 is 0. The van der Waals surface area contributed by atoms with E-state index in [4.69, 9.17) is 0 Å². The van der Waals surface area contributed by atoms with Crippen molar-refractivity contribution < 1.29 is 9.18 Å². The average molecular weight is 236 g/mol. The molecule has 1 fully saturated rings. The number of hydrogen-bond donors (Lipinski definition) is 1. The summed E-state index contributed by atoms with van der Waals surface area (Å²) in [5.74, 6) is -0.202. The topological polar surface area (TPSA) is 32.3 Å². The first kappa shape index (κ1) is 12.0. The Kier molecular flexibility index (Phi) is 2.91. The minimum Gasteiger partial charge on any atom is -0.327 e. The monoisotopic (exact) mass is 236 g/mol. The second-order valence-electron chi connectivity index (χ2n) is 4.89. The summed E-state index contributed by atoms with van der Waals surface area (Å²) in [6.07, 6.45) is -1.31. The Morgan fingerprint density at radius 1 is 1.35 bits per heavy atom. The molecule has 0 saturated carbocycles. The fourth-order valence-electron chi connectivity index (χ4n) is 2.05. The predicted octanol–water partition coefficient (Wildman–Crippen LogP) is 1.86. The lowest BCUT2D eigenvalue weighted by atomic mass is 10.0. The van der Waals surface area contributed by atoms with Crippen LogP contribution in [0.2, 0.25) is 0 Å². The molecular formula is C13H17FN2O. The maximum absolute atomic E-state index is 14.3. The van der Waals surface area contributed by atoms with Crippen molar-refractivity contribution in [2.24, 2.45) is 0 Å². The molecule has 1 saturated heterocycles. The van der Waals surface area contributed by atoms with Crippen molar-refractivity contribution in [1.82, 2.24) is 10.2 Å². The van der Waals surface area contributed by atoms with Crippen molar-refractivity contribution >= 4 is 5.91 Å². The molecule has 0 aromatic heterocycles. The molecule has 1 N–H and O–H groups in total. The highest BCUT2D eigenvalue weighted by Gasteiger charge is 2.46. The first-order valence-corrected chi connectivity index (χ1v) is 5.68. The summed E-state index contributed by atoms with van der Waals surface area (Å²) in [6, 6.07) is 7.98. The molecule has 0 unspecified atom stereocenters. The molecule has 1 aliphatic heterocycles. The molecule has 0 radical (unpaired) electrons. The minimum atomic E-state index is -1.31. The van der Waals surface area contributed by atoms with Gasteiger partial charge in [-0.15, -0.1) is 0 Å². The van der Waals surface area contributed by atoms with Crippen molar-refractivity contribution in [1.29, 1.82) is 0 Å². The van der Waals surface area contributed by atoms with Gasteiger partial charge in [-0.1, -0.05) is 30.3 Å². The van der Waals surface area contributed by atoms with E-state index in [0.29, 0.717) is 5.56 Å². The number of likely N-dealkylation sites (N-methyl/N-ethyl adjacent to an activating group) is 1. The highest BCUT2D eigenvalue weighted by atomic mass is 19.1. The number of rotatable bonds is 2. The number of alkyl halides is 1. The lowest BCUT2D eigenvalue weighted by Crippen LogP contribution is -2.45.